The lowest BCUT2D eigenvalue weighted by Crippen LogP contribution is -2.38. The summed E-state index contributed by atoms with van der Waals surface area (Å²) < 4.78 is 0. The van der Waals surface area contributed by atoms with Gasteiger partial charge in [-0.1, -0.05) is 0 Å². The van der Waals surface area contributed by atoms with E-state index in [1.165, 1.54) is 51.9 Å². The first-order valence-corrected chi connectivity index (χ1v) is 6.74. The van der Waals surface area contributed by atoms with Crippen molar-refractivity contribution < 1.29 is 0 Å². The Balaban J connectivity index is 2.06. The van der Waals surface area contributed by atoms with Crippen LogP contribution in [0.1, 0.15) is 25.7 Å². The van der Waals surface area contributed by atoms with Crippen LogP contribution in [0, 0.1) is 5.92 Å². The SMILES string of the molecule is CNCCCCN(C)CC1CCCN(C)C1. The molecule has 1 aliphatic rings. The molecule has 96 valence electrons. The van der Waals surface area contributed by atoms with Crippen LogP contribution >= 0.6 is 0 Å². The fraction of sp³-hybridized carbons (Fsp3) is 1.00. The molecule has 1 atom stereocenters. The van der Waals surface area contributed by atoms with Crippen LogP contribution in [0.15, 0.2) is 0 Å². The van der Waals surface area contributed by atoms with E-state index >= 15 is 0 Å². The van der Waals surface area contributed by atoms with Crippen LogP contribution in [0.3, 0.4) is 0 Å². The Bertz CT molecular complexity index is 173. The third-order valence-corrected chi connectivity index (χ3v) is 3.51. The molecule has 1 N–H and O–H groups in total. The summed E-state index contributed by atoms with van der Waals surface area (Å²) >= 11 is 0. The molecule has 1 rings (SSSR count). The highest BCUT2D eigenvalue weighted by Gasteiger charge is 2.18. The zero-order valence-electron chi connectivity index (χ0n) is 11.3. The van der Waals surface area contributed by atoms with Crippen molar-refractivity contribution in [2.75, 3.05) is 53.9 Å². The molecule has 0 aliphatic carbocycles. The molecule has 3 heteroatoms. The van der Waals surface area contributed by atoms with Crippen LogP contribution in [0.5, 0.6) is 0 Å². The molecule has 1 fully saturated rings. The molecule has 1 saturated heterocycles. The largest absolute Gasteiger partial charge is 0.320 e. The first kappa shape index (κ1) is 13.9. The number of rotatable bonds is 7. The lowest BCUT2D eigenvalue weighted by atomic mass is 9.98. The lowest BCUT2D eigenvalue weighted by Gasteiger charge is -2.32. The van der Waals surface area contributed by atoms with Gasteiger partial charge in [0.15, 0.2) is 0 Å². The Labute approximate surface area is 101 Å². The summed E-state index contributed by atoms with van der Waals surface area (Å²) in [5, 5.41) is 3.20. The van der Waals surface area contributed by atoms with Gasteiger partial charge in [-0.15, -0.1) is 0 Å². The minimum absolute atomic E-state index is 0.896. The maximum atomic E-state index is 3.20. The van der Waals surface area contributed by atoms with Gasteiger partial charge < -0.3 is 15.1 Å². The maximum Gasteiger partial charge on any atom is 0.00188 e. The van der Waals surface area contributed by atoms with Gasteiger partial charge in [-0.05, 0) is 72.4 Å². The molecule has 0 radical (unpaired) electrons. The maximum absolute atomic E-state index is 3.20. The van der Waals surface area contributed by atoms with Crippen molar-refractivity contribution in [2.24, 2.45) is 5.92 Å². The second kappa shape index (κ2) is 8.04. The monoisotopic (exact) mass is 227 g/mol. The predicted octanol–water partition coefficient (Wildman–Crippen LogP) is 1.26. The van der Waals surface area contributed by atoms with Gasteiger partial charge in [0.25, 0.3) is 0 Å². The number of unbranched alkanes of at least 4 members (excludes halogenated alkanes) is 1. The van der Waals surface area contributed by atoms with E-state index in [1.807, 2.05) is 7.05 Å². The predicted molar refractivity (Wildman–Crippen MR) is 70.9 cm³/mol. The van der Waals surface area contributed by atoms with Gasteiger partial charge in [0.05, 0.1) is 0 Å². The quantitative estimate of drug-likeness (QED) is 0.661. The van der Waals surface area contributed by atoms with Crippen molar-refractivity contribution in [3.05, 3.63) is 0 Å². The molecule has 0 amide bonds. The third kappa shape index (κ3) is 5.83. The summed E-state index contributed by atoms with van der Waals surface area (Å²) in [5.41, 5.74) is 0. The van der Waals surface area contributed by atoms with Crippen molar-refractivity contribution in [1.29, 1.82) is 0 Å². The molecular formula is C13H29N3. The smallest absolute Gasteiger partial charge is 0.00188 e. The number of hydrogen-bond acceptors (Lipinski definition) is 3. The van der Waals surface area contributed by atoms with E-state index in [4.69, 9.17) is 0 Å². The van der Waals surface area contributed by atoms with Crippen molar-refractivity contribution in [1.82, 2.24) is 15.1 Å². The Morgan fingerprint density at radius 1 is 1.38 bits per heavy atom. The zero-order valence-corrected chi connectivity index (χ0v) is 11.3. The number of piperidine rings is 1. The van der Waals surface area contributed by atoms with Gasteiger partial charge in [0.1, 0.15) is 0 Å². The summed E-state index contributed by atoms with van der Waals surface area (Å²) in [5.74, 6) is 0.896. The molecule has 1 heterocycles. The van der Waals surface area contributed by atoms with Crippen molar-refractivity contribution >= 4 is 0 Å². The van der Waals surface area contributed by atoms with Crippen LogP contribution in [0.2, 0.25) is 0 Å². The number of hydrogen-bond donors (Lipinski definition) is 1. The molecule has 1 aliphatic heterocycles. The average Bonchev–Trinajstić information content (AvgIpc) is 2.24. The van der Waals surface area contributed by atoms with Gasteiger partial charge in [-0.25, -0.2) is 0 Å². The van der Waals surface area contributed by atoms with E-state index in [0.29, 0.717) is 0 Å². The van der Waals surface area contributed by atoms with E-state index < -0.39 is 0 Å². The van der Waals surface area contributed by atoms with Crippen molar-refractivity contribution in [3.8, 4) is 0 Å². The summed E-state index contributed by atoms with van der Waals surface area (Å²) in [7, 11) is 6.55. The molecule has 0 saturated carbocycles. The van der Waals surface area contributed by atoms with Crippen molar-refractivity contribution in [2.45, 2.75) is 25.7 Å². The molecule has 16 heavy (non-hydrogen) atoms. The Hall–Kier alpha value is -0.120. The van der Waals surface area contributed by atoms with E-state index in [-0.39, 0.29) is 0 Å². The average molecular weight is 227 g/mol. The van der Waals surface area contributed by atoms with E-state index in [2.05, 4.69) is 29.2 Å². The summed E-state index contributed by atoms with van der Waals surface area (Å²) in [4.78, 5) is 4.99. The summed E-state index contributed by atoms with van der Waals surface area (Å²) in [6.45, 7) is 6.27. The fourth-order valence-corrected chi connectivity index (χ4v) is 2.64. The van der Waals surface area contributed by atoms with E-state index in [1.54, 1.807) is 0 Å². The van der Waals surface area contributed by atoms with E-state index in [0.717, 1.165) is 12.5 Å². The number of nitrogens with zero attached hydrogens (tertiary/aromatic N) is 2. The van der Waals surface area contributed by atoms with Crippen LogP contribution < -0.4 is 5.32 Å². The summed E-state index contributed by atoms with van der Waals surface area (Å²) in [6.07, 6.45) is 5.42. The Kier molecular flexibility index (Phi) is 7.01. The van der Waals surface area contributed by atoms with Gasteiger partial charge in [-0.3, -0.25) is 0 Å². The van der Waals surface area contributed by atoms with Crippen LogP contribution in [-0.2, 0) is 0 Å². The summed E-state index contributed by atoms with van der Waals surface area (Å²) in [6, 6.07) is 0. The third-order valence-electron chi connectivity index (χ3n) is 3.51. The molecule has 1 unspecified atom stereocenters. The molecule has 3 nitrogen and oxygen atoms in total. The van der Waals surface area contributed by atoms with Gasteiger partial charge in [0.2, 0.25) is 0 Å². The Morgan fingerprint density at radius 2 is 2.19 bits per heavy atom. The van der Waals surface area contributed by atoms with E-state index in [9.17, 15) is 0 Å². The lowest BCUT2D eigenvalue weighted by molar-refractivity contribution is 0.165. The molecular weight excluding hydrogens is 198 g/mol. The highest BCUT2D eigenvalue weighted by molar-refractivity contribution is 4.73. The number of likely N-dealkylation sites (tertiary alicyclic amines) is 1. The molecule has 0 bridgehead atoms. The fourth-order valence-electron chi connectivity index (χ4n) is 2.64. The zero-order chi connectivity index (χ0) is 11.8. The first-order chi connectivity index (χ1) is 7.72. The Morgan fingerprint density at radius 3 is 2.88 bits per heavy atom. The van der Waals surface area contributed by atoms with Gasteiger partial charge >= 0.3 is 0 Å². The van der Waals surface area contributed by atoms with Crippen LogP contribution in [0.4, 0.5) is 0 Å². The molecule has 0 aromatic carbocycles. The minimum Gasteiger partial charge on any atom is -0.320 e. The normalized spacial score (nSPS) is 22.9. The second-order valence-corrected chi connectivity index (χ2v) is 5.34. The number of nitrogens with one attached hydrogen (secondary N) is 1. The molecule has 0 aromatic rings. The molecule has 0 spiro atoms. The van der Waals surface area contributed by atoms with Crippen LogP contribution in [0.25, 0.3) is 0 Å². The highest BCUT2D eigenvalue weighted by atomic mass is 15.1. The van der Waals surface area contributed by atoms with Gasteiger partial charge in [0, 0.05) is 13.1 Å². The minimum atomic E-state index is 0.896. The topological polar surface area (TPSA) is 18.5 Å². The van der Waals surface area contributed by atoms with Crippen molar-refractivity contribution in [3.63, 3.8) is 0 Å². The first-order valence-electron chi connectivity index (χ1n) is 6.74. The van der Waals surface area contributed by atoms with Crippen LogP contribution in [-0.4, -0.2) is 63.7 Å². The standard InChI is InChI=1S/C13H29N3/c1-14-8-4-5-9-15(2)11-13-7-6-10-16(3)12-13/h13-14H,4-12H2,1-3H3. The highest BCUT2D eigenvalue weighted by Crippen LogP contribution is 2.15. The second-order valence-electron chi connectivity index (χ2n) is 5.34. The van der Waals surface area contributed by atoms with Gasteiger partial charge in [-0.2, -0.15) is 0 Å². The molecule has 0 aromatic heterocycles.